The van der Waals surface area contributed by atoms with E-state index in [1.165, 1.54) is 6.07 Å². The van der Waals surface area contributed by atoms with Gasteiger partial charge in [-0.2, -0.15) is 0 Å². The first kappa shape index (κ1) is 15.0. The van der Waals surface area contributed by atoms with E-state index >= 15 is 0 Å². The van der Waals surface area contributed by atoms with E-state index in [2.05, 4.69) is 21.2 Å². The van der Waals surface area contributed by atoms with Gasteiger partial charge in [-0.15, -0.1) is 0 Å². The van der Waals surface area contributed by atoms with Crippen LogP contribution in [0.25, 0.3) is 0 Å². The van der Waals surface area contributed by atoms with Gasteiger partial charge in [-0.05, 0) is 24.1 Å². The average Bonchev–Trinajstić information content (AvgIpc) is 2.23. The van der Waals surface area contributed by atoms with Crippen LogP contribution >= 0.6 is 27.5 Å². The Morgan fingerprint density at radius 2 is 1.94 bits per heavy atom. The summed E-state index contributed by atoms with van der Waals surface area (Å²) < 4.78 is 0.695. The molecule has 2 amide bonds. The van der Waals surface area contributed by atoms with Gasteiger partial charge in [-0.25, -0.2) is 0 Å². The molecule has 18 heavy (non-hydrogen) atoms. The second-order valence-corrected chi connectivity index (χ2v) is 5.61. The molecule has 0 aliphatic rings. The molecule has 1 atom stereocenters. The van der Waals surface area contributed by atoms with Gasteiger partial charge in [-0.1, -0.05) is 41.4 Å². The van der Waals surface area contributed by atoms with E-state index in [0.29, 0.717) is 15.1 Å². The molecule has 4 nitrogen and oxygen atoms in total. The third-order valence-corrected chi connectivity index (χ3v) is 3.06. The van der Waals surface area contributed by atoms with E-state index in [1.54, 1.807) is 12.1 Å². The predicted octanol–water partition coefficient (Wildman–Crippen LogP) is 2.34. The molecule has 0 fully saturated rings. The highest BCUT2D eigenvalue weighted by Crippen LogP contribution is 2.19. The average molecular weight is 334 g/mol. The molecule has 0 saturated carbocycles. The normalized spacial score (nSPS) is 12.3. The molecule has 0 spiro atoms. The summed E-state index contributed by atoms with van der Waals surface area (Å²) in [6, 6.07) is 4.13. The van der Waals surface area contributed by atoms with E-state index in [1.807, 2.05) is 13.8 Å². The number of primary amides is 1. The first-order chi connectivity index (χ1) is 8.31. The van der Waals surface area contributed by atoms with Crippen LogP contribution in [0.5, 0.6) is 0 Å². The summed E-state index contributed by atoms with van der Waals surface area (Å²) in [7, 11) is 0. The van der Waals surface area contributed by atoms with Gasteiger partial charge < -0.3 is 11.1 Å². The fourth-order valence-electron chi connectivity index (χ4n) is 1.48. The zero-order valence-electron chi connectivity index (χ0n) is 10.0. The SMILES string of the molecule is CC(C)C(NC(=O)c1cc(Cl)cc(Br)c1)C(N)=O. The maximum atomic E-state index is 12.0. The smallest absolute Gasteiger partial charge is 0.252 e. The number of hydrogen-bond donors (Lipinski definition) is 2. The number of nitrogens with one attached hydrogen (secondary N) is 1. The van der Waals surface area contributed by atoms with Crippen molar-refractivity contribution >= 4 is 39.3 Å². The van der Waals surface area contributed by atoms with E-state index in [9.17, 15) is 9.59 Å². The van der Waals surface area contributed by atoms with E-state index in [-0.39, 0.29) is 11.8 Å². The lowest BCUT2D eigenvalue weighted by atomic mass is 10.0. The van der Waals surface area contributed by atoms with Crippen LogP contribution in [0, 0.1) is 5.92 Å². The number of halogens is 2. The van der Waals surface area contributed by atoms with Crippen LogP contribution in [0.4, 0.5) is 0 Å². The molecule has 1 rings (SSSR count). The standard InChI is InChI=1S/C12H14BrClN2O2/c1-6(2)10(11(15)17)16-12(18)7-3-8(13)5-9(14)4-7/h3-6,10H,1-2H3,(H2,15,17)(H,16,18). The van der Waals surface area contributed by atoms with Gasteiger partial charge in [0.1, 0.15) is 6.04 Å². The Bertz CT molecular complexity index is 457. The molecular formula is C12H14BrClN2O2. The van der Waals surface area contributed by atoms with Crippen molar-refractivity contribution in [2.45, 2.75) is 19.9 Å². The Kier molecular flexibility index (Phi) is 5.16. The van der Waals surface area contributed by atoms with Crippen molar-refractivity contribution < 1.29 is 9.59 Å². The summed E-state index contributed by atoms with van der Waals surface area (Å²) in [4.78, 5) is 23.2. The number of nitrogens with two attached hydrogens (primary N) is 1. The predicted molar refractivity (Wildman–Crippen MR) is 74.4 cm³/mol. The highest BCUT2D eigenvalue weighted by Gasteiger charge is 2.22. The van der Waals surface area contributed by atoms with Crippen molar-refractivity contribution in [2.75, 3.05) is 0 Å². The van der Waals surface area contributed by atoms with Gasteiger partial charge in [0.2, 0.25) is 5.91 Å². The quantitative estimate of drug-likeness (QED) is 0.887. The molecule has 1 aromatic rings. The summed E-state index contributed by atoms with van der Waals surface area (Å²) in [6.45, 7) is 3.62. The third kappa shape index (κ3) is 3.99. The summed E-state index contributed by atoms with van der Waals surface area (Å²) in [5.74, 6) is -1.01. The first-order valence-corrected chi connectivity index (χ1v) is 6.54. The Morgan fingerprint density at radius 3 is 2.39 bits per heavy atom. The molecular weight excluding hydrogens is 320 g/mol. The number of benzene rings is 1. The highest BCUT2D eigenvalue weighted by molar-refractivity contribution is 9.10. The fourth-order valence-corrected chi connectivity index (χ4v) is 2.34. The molecule has 1 unspecified atom stereocenters. The lowest BCUT2D eigenvalue weighted by Crippen LogP contribution is -2.47. The molecule has 0 radical (unpaired) electrons. The topological polar surface area (TPSA) is 72.2 Å². The zero-order valence-corrected chi connectivity index (χ0v) is 12.4. The minimum absolute atomic E-state index is 0.0749. The minimum atomic E-state index is -0.699. The summed E-state index contributed by atoms with van der Waals surface area (Å²) >= 11 is 9.10. The number of amides is 2. The van der Waals surface area contributed by atoms with Gasteiger partial charge in [-0.3, -0.25) is 9.59 Å². The molecule has 3 N–H and O–H groups in total. The summed E-state index contributed by atoms with van der Waals surface area (Å²) in [5.41, 5.74) is 5.61. The molecule has 1 aromatic carbocycles. The Hall–Kier alpha value is -1.07. The lowest BCUT2D eigenvalue weighted by Gasteiger charge is -2.19. The second kappa shape index (κ2) is 6.20. The van der Waals surface area contributed by atoms with Crippen molar-refractivity contribution in [1.29, 1.82) is 0 Å². The molecule has 0 aliphatic carbocycles. The van der Waals surface area contributed by atoms with E-state index < -0.39 is 11.9 Å². The Balaban J connectivity index is 2.90. The van der Waals surface area contributed by atoms with Crippen LogP contribution in [0.2, 0.25) is 5.02 Å². The maximum absolute atomic E-state index is 12.0. The lowest BCUT2D eigenvalue weighted by molar-refractivity contribution is -0.120. The fraction of sp³-hybridized carbons (Fsp3) is 0.333. The summed E-state index contributed by atoms with van der Waals surface area (Å²) in [5, 5.41) is 3.03. The monoisotopic (exact) mass is 332 g/mol. The molecule has 0 aromatic heterocycles. The molecule has 0 heterocycles. The number of carbonyl (C=O) groups excluding carboxylic acids is 2. The number of hydrogen-bond acceptors (Lipinski definition) is 2. The van der Waals surface area contributed by atoms with Gasteiger partial charge >= 0.3 is 0 Å². The van der Waals surface area contributed by atoms with Crippen molar-refractivity contribution in [1.82, 2.24) is 5.32 Å². The van der Waals surface area contributed by atoms with Crippen LogP contribution < -0.4 is 11.1 Å². The number of carbonyl (C=O) groups is 2. The van der Waals surface area contributed by atoms with Crippen molar-refractivity contribution in [2.24, 2.45) is 11.7 Å². The van der Waals surface area contributed by atoms with Gasteiger partial charge in [0.15, 0.2) is 0 Å². The molecule has 0 saturated heterocycles. The van der Waals surface area contributed by atoms with Crippen LogP contribution in [0.15, 0.2) is 22.7 Å². The van der Waals surface area contributed by atoms with Crippen LogP contribution in [-0.4, -0.2) is 17.9 Å². The molecule has 98 valence electrons. The van der Waals surface area contributed by atoms with Crippen LogP contribution in [-0.2, 0) is 4.79 Å². The minimum Gasteiger partial charge on any atom is -0.368 e. The highest BCUT2D eigenvalue weighted by atomic mass is 79.9. The van der Waals surface area contributed by atoms with Crippen LogP contribution in [0.1, 0.15) is 24.2 Å². The van der Waals surface area contributed by atoms with E-state index in [4.69, 9.17) is 17.3 Å². The van der Waals surface area contributed by atoms with Gasteiger partial charge in [0.05, 0.1) is 0 Å². The molecule has 6 heteroatoms. The number of rotatable bonds is 4. The largest absolute Gasteiger partial charge is 0.368 e. The van der Waals surface area contributed by atoms with Crippen molar-refractivity contribution in [3.8, 4) is 0 Å². The molecule has 0 aliphatic heterocycles. The Morgan fingerprint density at radius 1 is 1.33 bits per heavy atom. The van der Waals surface area contributed by atoms with Gasteiger partial charge in [0, 0.05) is 15.1 Å². The summed E-state index contributed by atoms with van der Waals surface area (Å²) in [6.07, 6.45) is 0. The van der Waals surface area contributed by atoms with Crippen LogP contribution in [0.3, 0.4) is 0 Å². The first-order valence-electron chi connectivity index (χ1n) is 5.37. The zero-order chi connectivity index (χ0) is 13.9. The second-order valence-electron chi connectivity index (χ2n) is 4.26. The Labute approximate surface area is 119 Å². The van der Waals surface area contributed by atoms with Gasteiger partial charge in [0.25, 0.3) is 5.91 Å². The molecule has 0 bridgehead atoms. The third-order valence-electron chi connectivity index (χ3n) is 2.38. The van der Waals surface area contributed by atoms with Crippen molar-refractivity contribution in [3.05, 3.63) is 33.3 Å². The maximum Gasteiger partial charge on any atom is 0.252 e. The van der Waals surface area contributed by atoms with Crippen molar-refractivity contribution in [3.63, 3.8) is 0 Å². The van der Waals surface area contributed by atoms with E-state index in [0.717, 1.165) is 0 Å².